The Morgan fingerprint density at radius 3 is 2.63 bits per heavy atom. The molecule has 0 bridgehead atoms. The van der Waals surface area contributed by atoms with E-state index >= 15 is 0 Å². The molecule has 1 saturated heterocycles. The van der Waals surface area contributed by atoms with Crippen LogP contribution in [0.15, 0.2) is 54.6 Å². The summed E-state index contributed by atoms with van der Waals surface area (Å²) in [7, 11) is 0. The summed E-state index contributed by atoms with van der Waals surface area (Å²) in [4.78, 5) is 38.9. The van der Waals surface area contributed by atoms with Gasteiger partial charge in [-0.15, -0.1) is 0 Å². The van der Waals surface area contributed by atoms with Gasteiger partial charge in [-0.05, 0) is 36.0 Å². The molecule has 2 aromatic carbocycles. The topological polar surface area (TPSA) is 78.5 Å². The Morgan fingerprint density at radius 1 is 1.07 bits per heavy atom. The first-order valence-corrected chi connectivity index (χ1v) is 9.13. The molecule has 27 heavy (non-hydrogen) atoms. The largest absolute Gasteiger partial charge is 0.350 e. The second kappa shape index (κ2) is 6.87. The third kappa shape index (κ3) is 3.07. The maximum absolute atomic E-state index is 13.1. The van der Waals surface area contributed by atoms with E-state index in [0.29, 0.717) is 13.0 Å². The summed E-state index contributed by atoms with van der Waals surface area (Å²) in [6, 6.07) is 16.7. The number of hydrogen-bond acceptors (Lipinski definition) is 3. The van der Waals surface area contributed by atoms with Crippen LogP contribution in [0.25, 0.3) is 0 Å². The van der Waals surface area contributed by atoms with Crippen molar-refractivity contribution in [3.05, 3.63) is 71.3 Å². The molecule has 0 aromatic heterocycles. The van der Waals surface area contributed by atoms with Gasteiger partial charge in [0.25, 0.3) is 5.91 Å². The summed E-state index contributed by atoms with van der Waals surface area (Å²) < 4.78 is 0. The Kier molecular flexibility index (Phi) is 4.39. The molecule has 2 aliphatic rings. The Labute approximate surface area is 157 Å². The molecule has 6 heteroatoms. The number of benzene rings is 2. The zero-order chi connectivity index (χ0) is 18.9. The second-order valence-electron chi connectivity index (χ2n) is 7.00. The van der Waals surface area contributed by atoms with Crippen molar-refractivity contribution in [3.8, 4) is 0 Å². The summed E-state index contributed by atoms with van der Waals surface area (Å²) >= 11 is 0. The zero-order valence-electron chi connectivity index (χ0n) is 14.9. The number of amides is 4. The van der Waals surface area contributed by atoms with Crippen molar-refractivity contribution in [1.82, 2.24) is 15.5 Å². The molecule has 6 nitrogen and oxygen atoms in total. The van der Waals surface area contributed by atoms with Crippen LogP contribution < -0.4 is 10.6 Å². The molecular weight excluding hydrogens is 342 g/mol. The van der Waals surface area contributed by atoms with Gasteiger partial charge in [-0.1, -0.05) is 54.6 Å². The number of imide groups is 1. The van der Waals surface area contributed by atoms with Crippen LogP contribution in [0.3, 0.4) is 0 Å². The number of nitrogens with zero attached hydrogens (tertiary/aromatic N) is 1. The monoisotopic (exact) mass is 363 g/mol. The van der Waals surface area contributed by atoms with Crippen LogP contribution >= 0.6 is 0 Å². The first-order valence-electron chi connectivity index (χ1n) is 9.13. The lowest BCUT2D eigenvalue weighted by atomic mass is 9.76. The van der Waals surface area contributed by atoms with E-state index in [0.717, 1.165) is 34.4 Å². The molecule has 1 heterocycles. The lowest BCUT2D eigenvalue weighted by molar-refractivity contribution is -0.135. The average molecular weight is 363 g/mol. The molecule has 1 fully saturated rings. The Bertz CT molecular complexity index is 897. The fourth-order valence-electron chi connectivity index (χ4n) is 3.95. The van der Waals surface area contributed by atoms with Gasteiger partial charge in [0.2, 0.25) is 5.91 Å². The standard InChI is InChI=1S/C21H21N3O3/c25-18(22-13-15-7-2-1-3-8-15)14-24-19(26)21(23-20(24)27)12-6-10-16-9-4-5-11-17(16)21/h1-5,7-9,11H,6,10,12-14H2,(H,22,25)(H,23,27). The van der Waals surface area contributed by atoms with Crippen molar-refractivity contribution in [2.45, 2.75) is 31.3 Å². The van der Waals surface area contributed by atoms with Crippen LogP contribution in [-0.2, 0) is 28.1 Å². The fourth-order valence-corrected chi connectivity index (χ4v) is 3.95. The third-order valence-electron chi connectivity index (χ3n) is 5.28. The van der Waals surface area contributed by atoms with Gasteiger partial charge in [0, 0.05) is 6.54 Å². The van der Waals surface area contributed by atoms with E-state index in [2.05, 4.69) is 10.6 Å². The number of carbonyl (C=O) groups excluding carboxylic acids is 3. The predicted octanol–water partition coefficient (Wildman–Crippen LogP) is 2.09. The zero-order valence-corrected chi connectivity index (χ0v) is 14.9. The number of fused-ring (bicyclic) bond motifs is 2. The normalized spacial score (nSPS) is 21.1. The minimum absolute atomic E-state index is 0.276. The molecule has 1 atom stereocenters. The lowest BCUT2D eigenvalue weighted by Crippen LogP contribution is -2.47. The summed E-state index contributed by atoms with van der Waals surface area (Å²) in [5.74, 6) is -0.696. The molecule has 1 unspecified atom stereocenters. The van der Waals surface area contributed by atoms with Crippen LogP contribution in [0.1, 0.15) is 29.5 Å². The van der Waals surface area contributed by atoms with Crippen molar-refractivity contribution >= 4 is 17.8 Å². The van der Waals surface area contributed by atoms with Gasteiger partial charge < -0.3 is 10.6 Å². The highest BCUT2D eigenvalue weighted by molar-refractivity contribution is 6.09. The van der Waals surface area contributed by atoms with E-state index in [-0.39, 0.29) is 18.4 Å². The van der Waals surface area contributed by atoms with Crippen LogP contribution in [0.4, 0.5) is 4.79 Å². The lowest BCUT2D eigenvalue weighted by Gasteiger charge is -2.33. The third-order valence-corrected chi connectivity index (χ3v) is 5.28. The van der Waals surface area contributed by atoms with Crippen LogP contribution in [-0.4, -0.2) is 29.3 Å². The van der Waals surface area contributed by atoms with Gasteiger partial charge in [-0.3, -0.25) is 14.5 Å². The highest BCUT2D eigenvalue weighted by atomic mass is 16.2. The van der Waals surface area contributed by atoms with Gasteiger partial charge >= 0.3 is 6.03 Å². The number of hydrogen-bond donors (Lipinski definition) is 2. The Hall–Kier alpha value is -3.15. The van der Waals surface area contributed by atoms with Crippen LogP contribution in [0.5, 0.6) is 0 Å². The number of rotatable bonds is 4. The average Bonchev–Trinajstić information content (AvgIpc) is 2.92. The Morgan fingerprint density at radius 2 is 1.81 bits per heavy atom. The predicted molar refractivity (Wildman–Crippen MR) is 99.6 cm³/mol. The number of urea groups is 1. The van der Waals surface area contributed by atoms with Crippen LogP contribution in [0.2, 0.25) is 0 Å². The van der Waals surface area contributed by atoms with Crippen molar-refractivity contribution in [1.29, 1.82) is 0 Å². The molecule has 0 saturated carbocycles. The maximum Gasteiger partial charge on any atom is 0.325 e. The summed E-state index contributed by atoms with van der Waals surface area (Å²) in [5, 5.41) is 5.63. The molecule has 138 valence electrons. The first-order chi connectivity index (χ1) is 13.1. The summed E-state index contributed by atoms with van der Waals surface area (Å²) in [5.41, 5.74) is 1.85. The molecule has 1 spiro atoms. The molecule has 0 radical (unpaired) electrons. The summed E-state index contributed by atoms with van der Waals surface area (Å²) in [6.07, 6.45) is 2.26. The van der Waals surface area contributed by atoms with Crippen molar-refractivity contribution in [3.63, 3.8) is 0 Å². The quantitative estimate of drug-likeness (QED) is 0.817. The minimum Gasteiger partial charge on any atom is -0.350 e. The van der Waals surface area contributed by atoms with Crippen molar-refractivity contribution < 1.29 is 14.4 Å². The first kappa shape index (κ1) is 17.3. The van der Waals surface area contributed by atoms with Gasteiger partial charge in [0.05, 0.1) is 0 Å². The van der Waals surface area contributed by atoms with E-state index in [1.807, 2.05) is 54.6 Å². The van der Waals surface area contributed by atoms with E-state index in [1.54, 1.807) is 0 Å². The van der Waals surface area contributed by atoms with E-state index in [1.165, 1.54) is 0 Å². The molecule has 2 aromatic rings. The second-order valence-corrected chi connectivity index (χ2v) is 7.00. The van der Waals surface area contributed by atoms with Gasteiger partial charge in [0.15, 0.2) is 0 Å². The maximum atomic E-state index is 13.1. The van der Waals surface area contributed by atoms with Gasteiger partial charge in [-0.25, -0.2) is 4.79 Å². The SMILES string of the molecule is O=C(CN1C(=O)NC2(CCCc3ccccc32)C1=O)NCc1ccccc1. The number of carbonyl (C=O) groups is 3. The van der Waals surface area contributed by atoms with Gasteiger partial charge in [0.1, 0.15) is 12.1 Å². The highest BCUT2D eigenvalue weighted by Crippen LogP contribution is 2.39. The van der Waals surface area contributed by atoms with Crippen molar-refractivity contribution in [2.75, 3.05) is 6.54 Å². The number of aryl methyl sites for hydroxylation is 1. The fraction of sp³-hybridized carbons (Fsp3) is 0.286. The van der Waals surface area contributed by atoms with Crippen LogP contribution in [0, 0.1) is 0 Å². The number of nitrogens with one attached hydrogen (secondary N) is 2. The molecule has 4 amide bonds. The van der Waals surface area contributed by atoms with Gasteiger partial charge in [-0.2, -0.15) is 0 Å². The van der Waals surface area contributed by atoms with E-state index in [4.69, 9.17) is 0 Å². The molecule has 1 aliphatic carbocycles. The minimum atomic E-state index is -1.04. The van der Waals surface area contributed by atoms with Crippen molar-refractivity contribution in [2.24, 2.45) is 0 Å². The molecule has 1 aliphatic heterocycles. The summed E-state index contributed by atoms with van der Waals surface area (Å²) in [6.45, 7) is 0.0821. The molecule has 4 rings (SSSR count). The van der Waals surface area contributed by atoms with E-state index in [9.17, 15) is 14.4 Å². The van der Waals surface area contributed by atoms with E-state index < -0.39 is 11.6 Å². The smallest absolute Gasteiger partial charge is 0.325 e. The molecule has 2 N–H and O–H groups in total. The highest BCUT2D eigenvalue weighted by Gasteiger charge is 2.54. The Balaban J connectivity index is 1.48. The molecular formula is C21H21N3O3.